The molecule has 0 radical (unpaired) electrons. The summed E-state index contributed by atoms with van der Waals surface area (Å²) in [4.78, 5) is 23.7. The summed E-state index contributed by atoms with van der Waals surface area (Å²) in [6, 6.07) is 8.57. The Kier molecular flexibility index (Phi) is 4.04. The summed E-state index contributed by atoms with van der Waals surface area (Å²) in [7, 11) is 2.03. The van der Waals surface area contributed by atoms with E-state index in [0.29, 0.717) is 23.6 Å². The Morgan fingerprint density at radius 2 is 2.03 bits per heavy atom. The lowest BCUT2D eigenvalue weighted by molar-refractivity contribution is 0.407. The minimum atomic E-state index is -0.301. The van der Waals surface area contributed by atoms with Gasteiger partial charge in [-0.3, -0.25) is 20.1 Å². The molecule has 0 bridgehead atoms. The number of H-pyrrole nitrogens is 2. The van der Waals surface area contributed by atoms with Gasteiger partial charge in [-0.2, -0.15) is 5.10 Å². The average molecular weight is 426 g/mol. The summed E-state index contributed by atoms with van der Waals surface area (Å²) >= 11 is 0. The van der Waals surface area contributed by atoms with Crippen LogP contribution in [0.3, 0.4) is 0 Å². The van der Waals surface area contributed by atoms with Crippen LogP contribution >= 0.6 is 0 Å². The highest BCUT2D eigenvalue weighted by molar-refractivity contribution is 5.96. The molecule has 4 aromatic heterocycles. The number of imidazole rings is 1. The van der Waals surface area contributed by atoms with Crippen molar-refractivity contribution >= 4 is 27.8 Å². The zero-order valence-electron chi connectivity index (χ0n) is 17.5. The van der Waals surface area contributed by atoms with E-state index < -0.39 is 0 Å². The van der Waals surface area contributed by atoms with E-state index in [4.69, 9.17) is 4.98 Å². The normalized spacial score (nSPS) is 16.3. The SMILES string of the molecule is CC1=NCC(c2cc3c(-c4nc5c(-c6cccc(F)c6)cncc5[nH]4)n[nH]c3cn2)N1C. The van der Waals surface area contributed by atoms with Crippen LogP contribution in [-0.4, -0.2) is 54.5 Å². The summed E-state index contributed by atoms with van der Waals surface area (Å²) in [5, 5.41) is 8.46. The van der Waals surface area contributed by atoms with Crippen LogP contribution in [0.5, 0.6) is 0 Å². The van der Waals surface area contributed by atoms with Gasteiger partial charge in [-0.05, 0) is 30.7 Å². The van der Waals surface area contributed by atoms with E-state index in [1.807, 2.05) is 26.1 Å². The Labute approximate surface area is 182 Å². The number of amidine groups is 1. The van der Waals surface area contributed by atoms with E-state index in [1.165, 1.54) is 12.1 Å². The van der Waals surface area contributed by atoms with Gasteiger partial charge in [0, 0.05) is 24.2 Å². The number of hydrogen-bond donors (Lipinski definition) is 2. The van der Waals surface area contributed by atoms with Crippen LogP contribution in [0.2, 0.25) is 0 Å². The molecule has 1 atom stereocenters. The van der Waals surface area contributed by atoms with Gasteiger partial charge in [-0.1, -0.05) is 12.1 Å². The number of benzene rings is 1. The number of nitrogens with zero attached hydrogens (tertiary/aromatic N) is 6. The molecule has 1 unspecified atom stereocenters. The molecule has 1 aromatic carbocycles. The third kappa shape index (κ3) is 2.85. The van der Waals surface area contributed by atoms with E-state index in [2.05, 4.69) is 35.0 Å². The van der Waals surface area contributed by atoms with Gasteiger partial charge in [-0.25, -0.2) is 9.37 Å². The fourth-order valence-corrected chi connectivity index (χ4v) is 4.18. The molecule has 32 heavy (non-hydrogen) atoms. The summed E-state index contributed by atoms with van der Waals surface area (Å²) < 4.78 is 13.8. The van der Waals surface area contributed by atoms with Crippen molar-refractivity contribution in [2.24, 2.45) is 4.99 Å². The Hall–Kier alpha value is -4.14. The van der Waals surface area contributed by atoms with Crippen LogP contribution in [0.25, 0.3) is 44.6 Å². The fraction of sp³-hybridized carbons (Fsp3) is 0.174. The largest absolute Gasteiger partial charge is 0.353 e. The van der Waals surface area contributed by atoms with Crippen LogP contribution in [0, 0.1) is 5.82 Å². The van der Waals surface area contributed by atoms with Crippen molar-refractivity contribution in [3.05, 3.63) is 60.4 Å². The molecule has 0 spiro atoms. The van der Waals surface area contributed by atoms with Gasteiger partial charge >= 0.3 is 0 Å². The molecule has 1 aliphatic heterocycles. The molecule has 5 heterocycles. The molecule has 0 amide bonds. The number of aromatic amines is 2. The monoisotopic (exact) mass is 426 g/mol. The van der Waals surface area contributed by atoms with Crippen molar-refractivity contribution in [2.75, 3.05) is 13.6 Å². The van der Waals surface area contributed by atoms with Crippen LogP contribution in [0.4, 0.5) is 4.39 Å². The molecule has 0 fully saturated rings. The van der Waals surface area contributed by atoms with Gasteiger partial charge < -0.3 is 9.88 Å². The minimum absolute atomic E-state index is 0.0987. The van der Waals surface area contributed by atoms with Crippen LogP contribution in [-0.2, 0) is 0 Å². The Balaban J connectivity index is 1.47. The first kappa shape index (κ1) is 18.6. The quantitative estimate of drug-likeness (QED) is 0.452. The zero-order valence-corrected chi connectivity index (χ0v) is 17.5. The number of likely N-dealkylation sites (N-methyl/N-ethyl adjacent to an activating group) is 1. The van der Waals surface area contributed by atoms with Crippen molar-refractivity contribution < 1.29 is 4.39 Å². The highest BCUT2D eigenvalue weighted by Gasteiger charge is 2.25. The second-order valence-corrected chi connectivity index (χ2v) is 7.92. The number of halogens is 1. The second kappa shape index (κ2) is 6.94. The molecule has 0 saturated carbocycles. The van der Waals surface area contributed by atoms with Crippen molar-refractivity contribution in [3.8, 4) is 22.6 Å². The molecule has 0 aliphatic carbocycles. The van der Waals surface area contributed by atoms with Gasteiger partial charge in [0.15, 0.2) is 5.82 Å². The lowest BCUT2D eigenvalue weighted by Gasteiger charge is -2.21. The third-order valence-corrected chi connectivity index (χ3v) is 6.03. The fourth-order valence-electron chi connectivity index (χ4n) is 4.18. The predicted octanol–water partition coefficient (Wildman–Crippen LogP) is 4.11. The molecule has 8 nitrogen and oxygen atoms in total. The number of aromatic nitrogens is 6. The lowest BCUT2D eigenvalue weighted by atomic mass is 10.1. The lowest BCUT2D eigenvalue weighted by Crippen LogP contribution is -2.25. The third-order valence-electron chi connectivity index (χ3n) is 6.03. The number of aliphatic imine (C=N–C) groups is 1. The highest BCUT2D eigenvalue weighted by atomic mass is 19.1. The number of pyridine rings is 2. The van der Waals surface area contributed by atoms with Gasteiger partial charge in [0.1, 0.15) is 11.5 Å². The predicted molar refractivity (Wildman–Crippen MR) is 121 cm³/mol. The first-order chi connectivity index (χ1) is 15.6. The molecule has 2 N–H and O–H groups in total. The van der Waals surface area contributed by atoms with Gasteiger partial charge in [0.2, 0.25) is 0 Å². The smallest absolute Gasteiger partial charge is 0.159 e. The number of fused-ring (bicyclic) bond motifs is 2. The maximum absolute atomic E-state index is 13.8. The van der Waals surface area contributed by atoms with E-state index in [-0.39, 0.29) is 11.9 Å². The molecule has 0 saturated heterocycles. The van der Waals surface area contributed by atoms with E-state index in [1.54, 1.807) is 24.7 Å². The first-order valence-electron chi connectivity index (χ1n) is 10.3. The average Bonchev–Trinajstić information content (AvgIpc) is 3.50. The van der Waals surface area contributed by atoms with Crippen molar-refractivity contribution in [1.82, 2.24) is 35.0 Å². The van der Waals surface area contributed by atoms with Crippen LogP contribution < -0.4 is 0 Å². The molecule has 5 aromatic rings. The zero-order chi connectivity index (χ0) is 21.8. The molecule has 9 heteroatoms. The van der Waals surface area contributed by atoms with Crippen molar-refractivity contribution in [2.45, 2.75) is 13.0 Å². The Morgan fingerprint density at radius 1 is 1.12 bits per heavy atom. The maximum atomic E-state index is 13.8. The standard InChI is InChI=1S/C23H19FN8/c1-12-26-11-20(32(12)2)17-7-15-18(10-27-17)30-31-22(15)23-28-19-9-25-8-16(21(19)29-23)13-4-3-5-14(24)6-13/h3-10,20H,11H2,1-2H3,(H,28,29)(H,30,31). The highest BCUT2D eigenvalue weighted by Crippen LogP contribution is 2.32. The summed E-state index contributed by atoms with van der Waals surface area (Å²) in [5.74, 6) is 1.31. The van der Waals surface area contributed by atoms with Crippen molar-refractivity contribution in [3.63, 3.8) is 0 Å². The summed E-state index contributed by atoms with van der Waals surface area (Å²) in [6.07, 6.45) is 5.21. The van der Waals surface area contributed by atoms with E-state index in [9.17, 15) is 4.39 Å². The summed E-state index contributed by atoms with van der Waals surface area (Å²) in [6.45, 7) is 2.68. The van der Waals surface area contributed by atoms with Gasteiger partial charge in [0.25, 0.3) is 0 Å². The van der Waals surface area contributed by atoms with Crippen LogP contribution in [0.15, 0.2) is 53.9 Å². The number of nitrogens with one attached hydrogen (secondary N) is 2. The summed E-state index contributed by atoms with van der Waals surface area (Å²) in [5.41, 5.74) is 5.40. The number of hydrogen-bond acceptors (Lipinski definition) is 6. The molecule has 6 rings (SSSR count). The van der Waals surface area contributed by atoms with Gasteiger partial charge in [-0.15, -0.1) is 0 Å². The number of rotatable bonds is 3. The molecule has 158 valence electrons. The maximum Gasteiger partial charge on any atom is 0.159 e. The molecule has 1 aliphatic rings. The van der Waals surface area contributed by atoms with E-state index >= 15 is 0 Å². The van der Waals surface area contributed by atoms with Crippen molar-refractivity contribution in [1.29, 1.82) is 0 Å². The Morgan fingerprint density at radius 3 is 2.84 bits per heavy atom. The molecular weight excluding hydrogens is 407 g/mol. The Bertz CT molecular complexity index is 1520. The second-order valence-electron chi connectivity index (χ2n) is 7.92. The van der Waals surface area contributed by atoms with Crippen LogP contribution in [0.1, 0.15) is 18.7 Å². The van der Waals surface area contributed by atoms with E-state index in [0.717, 1.165) is 39.1 Å². The first-order valence-corrected chi connectivity index (χ1v) is 10.3. The minimum Gasteiger partial charge on any atom is -0.353 e. The van der Waals surface area contributed by atoms with Gasteiger partial charge in [0.05, 0.1) is 53.1 Å². The topological polar surface area (TPSA) is 98.7 Å². The molecular formula is C23H19FN8.